The van der Waals surface area contributed by atoms with Crippen LogP contribution >= 0.6 is 11.3 Å². The summed E-state index contributed by atoms with van der Waals surface area (Å²) < 4.78 is 7.52. The number of hydrogen-bond donors (Lipinski definition) is 1. The maximum absolute atomic E-state index is 12.9. The molecule has 1 aliphatic carbocycles. The highest BCUT2D eigenvalue weighted by Crippen LogP contribution is 2.38. The van der Waals surface area contributed by atoms with E-state index in [0.29, 0.717) is 16.1 Å². The van der Waals surface area contributed by atoms with Crippen molar-refractivity contribution in [3.8, 4) is 0 Å². The lowest BCUT2D eigenvalue weighted by atomic mass is 9.95. The fourth-order valence-corrected chi connectivity index (χ4v) is 5.29. The van der Waals surface area contributed by atoms with Gasteiger partial charge in [-0.3, -0.25) is 9.59 Å². The number of esters is 1. The molecule has 0 aliphatic heterocycles. The van der Waals surface area contributed by atoms with Crippen molar-refractivity contribution in [1.29, 1.82) is 0 Å². The van der Waals surface area contributed by atoms with Crippen LogP contribution in [0.3, 0.4) is 0 Å². The summed E-state index contributed by atoms with van der Waals surface area (Å²) in [6.07, 6.45) is 4.76. The van der Waals surface area contributed by atoms with Gasteiger partial charge in [0, 0.05) is 35.3 Å². The highest BCUT2D eigenvalue weighted by molar-refractivity contribution is 7.17. The number of fused-ring (bicyclic) bond motifs is 1. The van der Waals surface area contributed by atoms with E-state index in [4.69, 9.17) is 4.74 Å². The molecule has 29 heavy (non-hydrogen) atoms. The van der Waals surface area contributed by atoms with Gasteiger partial charge in [-0.25, -0.2) is 4.79 Å². The first kappa shape index (κ1) is 21.3. The van der Waals surface area contributed by atoms with Crippen molar-refractivity contribution >= 4 is 34.0 Å². The van der Waals surface area contributed by atoms with E-state index in [1.807, 2.05) is 19.9 Å². The monoisotopic (exact) mass is 416 g/mol. The summed E-state index contributed by atoms with van der Waals surface area (Å²) in [5.41, 5.74) is 3.90. The number of carbonyl (C=O) groups excluding carboxylic acids is 3. The van der Waals surface area contributed by atoms with Crippen LogP contribution in [-0.4, -0.2) is 28.8 Å². The molecular weight excluding hydrogens is 388 g/mol. The van der Waals surface area contributed by atoms with Crippen molar-refractivity contribution in [1.82, 2.24) is 4.57 Å². The van der Waals surface area contributed by atoms with Gasteiger partial charge < -0.3 is 14.6 Å². The zero-order valence-electron chi connectivity index (χ0n) is 17.5. The zero-order valence-corrected chi connectivity index (χ0v) is 18.3. The van der Waals surface area contributed by atoms with E-state index in [1.165, 1.54) is 18.3 Å². The topological polar surface area (TPSA) is 77.4 Å². The number of ketones is 1. The number of carbonyl (C=O) groups is 3. The van der Waals surface area contributed by atoms with E-state index in [2.05, 4.69) is 16.8 Å². The Hall–Kier alpha value is -2.41. The highest BCUT2D eigenvalue weighted by Gasteiger charge is 2.28. The summed E-state index contributed by atoms with van der Waals surface area (Å²) in [4.78, 5) is 38.2. The lowest BCUT2D eigenvalue weighted by molar-refractivity contribution is -0.114. The minimum Gasteiger partial charge on any atom is -0.454 e. The maximum atomic E-state index is 12.9. The molecule has 0 bridgehead atoms. The molecule has 0 radical (unpaired) electrons. The molecule has 2 heterocycles. The molecule has 1 N–H and O–H groups in total. The Morgan fingerprint density at radius 1 is 1.21 bits per heavy atom. The number of Topliss-reactive ketones (excluding diaryl/α,β-unsaturated/α-hetero) is 1. The number of aromatic nitrogens is 1. The Kier molecular flexibility index (Phi) is 6.57. The van der Waals surface area contributed by atoms with Crippen LogP contribution < -0.4 is 5.32 Å². The largest absolute Gasteiger partial charge is 0.454 e. The summed E-state index contributed by atoms with van der Waals surface area (Å²) in [6, 6.07) is 1.86. The van der Waals surface area contributed by atoms with Crippen LogP contribution in [0.25, 0.3) is 0 Å². The van der Waals surface area contributed by atoms with Crippen molar-refractivity contribution in [3.05, 3.63) is 39.0 Å². The third-order valence-corrected chi connectivity index (χ3v) is 6.53. The van der Waals surface area contributed by atoms with Gasteiger partial charge in [-0.05, 0) is 57.6 Å². The smallest absolute Gasteiger partial charge is 0.341 e. The van der Waals surface area contributed by atoms with E-state index in [-0.39, 0.29) is 18.3 Å². The van der Waals surface area contributed by atoms with Gasteiger partial charge in [0.2, 0.25) is 11.7 Å². The second kappa shape index (κ2) is 8.95. The average molecular weight is 417 g/mol. The first-order valence-corrected chi connectivity index (χ1v) is 10.9. The molecule has 0 saturated heterocycles. The molecule has 1 aliphatic rings. The number of rotatable bonds is 7. The Morgan fingerprint density at radius 2 is 1.93 bits per heavy atom. The Bertz CT molecular complexity index is 955. The third kappa shape index (κ3) is 4.45. The number of amides is 1. The van der Waals surface area contributed by atoms with Crippen molar-refractivity contribution in [3.63, 3.8) is 0 Å². The molecule has 0 atom stereocenters. The molecule has 0 aromatic carbocycles. The number of hydrogen-bond acceptors (Lipinski definition) is 5. The summed E-state index contributed by atoms with van der Waals surface area (Å²) in [5.74, 6) is -0.972. The van der Waals surface area contributed by atoms with Gasteiger partial charge in [-0.2, -0.15) is 0 Å². The molecule has 0 spiro atoms. The van der Waals surface area contributed by atoms with Crippen LogP contribution in [0.15, 0.2) is 6.07 Å². The molecule has 0 saturated carbocycles. The first-order valence-electron chi connectivity index (χ1n) is 10.1. The van der Waals surface area contributed by atoms with Crippen LogP contribution in [-0.2, 0) is 28.9 Å². The number of anilines is 1. The summed E-state index contributed by atoms with van der Waals surface area (Å²) in [6.45, 7) is 7.95. The van der Waals surface area contributed by atoms with Gasteiger partial charge in [0.25, 0.3) is 0 Å². The predicted molar refractivity (Wildman–Crippen MR) is 114 cm³/mol. The molecule has 2 aromatic heterocycles. The van der Waals surface area contributed by atoms with E-state index in [0.717, 1.165) is 60.5 Å². The standard InChI is InChI=1S/C22H28N2O4S/c1-5-10-24-13(2)11-17(14(24)3)18(26)12-28-22(27)20-16-8-6-7-9-19(16)29-21(20)23-15(4)25/h11H,5-10,12H2,1-4H3,(H,23,25). The van der Waals surface area contributed by atoms with Crippen LogP contribution in [0.2, 0.25) is 0 Å². The number of thiophene rings is 1. The van der Waals surface area contributed by atoms with E-state index in [1.54, 1.807) is 0 Å². The highest BCUT2D eigenvalue weighted by atomic mass is 32.1. The molecule has 6 nitrogen and oxygen atoms in total. The number of ether oxygens (including phenoxy) is 1. The summed E-state index contributed by atoms with van der Waals surface area (Å²) in [7, 11) is 0. The molecule has 0 fully saturated rings. The molecule has 0 unspecified atom stereocenters. The molecule has 7 heteroatoms. The minimum absolute atomic E-state index is 0.209. The summed E-state index contributed by atoms with van der Waals surface area (Å²) in [5, 5.41) is 3.29. The van der Waals surface area contributed by atoms with Crippen LogP contribution in [0.4, 0.5) is 5.00 Å². The van der Waals surface area contributed by atoms with Gasteiger partial charge >= 0.3 is 5.97 Å². The first-order chi connectivity index (χ1) is 13.8. The molecule has 2 aromatic rings. The zero-order chi connectivity index (χ0) is 21.1. The Morgan fingerprint density at radius 3 is 2.62 bits per heavy atom. The van der Waals surface area contributed by atoms with Gasteiger partial charge in [0.1, 0.15) is 5.00 Å². The van der Waals surface area contributed by atoms with Crippen molar-refractivity contribution in [2.75, 3.05) is 11.9 Å². The van der Waals surface area contributed by atoms with Crippen molar-refractivity contribution in [2.24, 2.45) is 0 Å². The molecule has 1 amide bonds. The van der Waals surface area contributed by atoms with Crippen LogP contribution in [0.1, 0.15) is 75.7 Å². The second-order valence-corrected chi connectivity index (χ2v) is 8.64. The number of nitrogens with one attached hydrogen (secondary N) is 1. The maximum Gasteiger partial charge on any atom is 0.341 e. The third-order valence-electron chi connectivity index (χ3n) is 5.32. The molecule has 3 rings (SSSR count). The SMILES string of the molecule is CCCn1c(C)cc(C(=O)COC(=O)c2c(NC(C)=O)sc3c2CCCC3)c1C. The van der Waals surface area contributed by atoms with Crippen LogP contribution in [0.5, 0.6) is 0 Å². The van der Waals surface area contributed by atoms with Crippen molar-refractivity contribution in [2.45, 2.75) is 66.3 Å². The van der Waals surface area contributed by atoms with Crippen molar-refractivity contribution < 1.29 is 19.1 Å². The number of nitrogens with zero attached hydrogens (tertiary/aromatic N) is 1. The molecular formula is C22H28N2O4S. The van der Waals surface area contributed by atoms with E-state index >= 15 is 0 Å². The molecule has 156 valence electrons. The number of aryl methyl sites for hydroxylation is 2. The average Bonchev–Trinajstić information content (AvgIpc) is 3.17. The Labute approximate surface area is 175 Å². The van der Waals surface area contributed by atoms with Gasteiger partial charge in [-0.1, -0.05) is 6.92 Å². The quantitative estimate of drug-likeness (QED) is 0.534. The fourth-order valence-electron chi connectivity index (χ4n) is 3.96. The predicted octanol–water partition coefficient (Wildman–Crippen LogP) is 4.45. The summed E-state index contributed by atoms with van der Waals surface area (Å²) >= 11 is 1.44. The lowest BCUT2D eigenvalue weighted by Crippen LogP contribution is -2.18. The second-order valence-electron chi connectivity index (χ2n) is 7.53. The Balaban J connectivity index is 1.77. The fraction of sp³-hybridized carbons (Fsp3) is 0.500. The minimum atomic E-state index is -0.538. The van der Waals surface area contributed by atoms with Gasteiger partial charge in [0.05, 0.1) is 5.56 Å². The normalized spacial score (nSPS) is 13.1. The van der Waals surface area contributed by atoms with E-state index in [9.17, 15) is 14.4 Å². The lowest BCUT2D eigenvalue weighted by Gasteiger charge is -2.12. The van der Waals surface area contributed by atoms with E-state index < -0.39 is 5.97 Å². The van der Waals surface area contributed by atoms with Crippen LogP contribution in [0, 0.1) is 13.8 Å². The van der Waals surface area contributed by atoms with Gasteiger partial charge in [-0.15, -0.1) is 11.3 Å². The van der Waals surface area contributed by atoms with Gasteiger partial charge in [0.15, 0.2) is 6.61 Å².